The molecule has 2 unspecified atom stereocenters. The number of allylic oxidation sites excluding steroid dienone is 2. The van der Waals surface area contributed by atoms with Crippen molar-refractivity contribution in [1.29, 1.82) is 0 Å². The SMILES string of the molecule is CC1=CC(C)C(C)c2c(C)ccc(C)c21. The lowest BCUT2D eigenvalue weighted by molar-refractivity contribution is 0.579. The first-order valence-corrected chi connectivity index (χ1v) is 5.81. The number of hydrogen-bond acceptors (Lipinski definition) is 0. The van der Waals surface area contributed by atoms with Crippen LogP contribution in [0.2, 0.25) is 0 Å². The van der Waals surface area contributed by atoms with Gasteiger partial charge in [0.05, 0.1) is 0 Å². The molecule has 0 bridgehead atoms. The number of benzene rings is 1. The van der Waals surface area contributed by atoms with Crippen molar-refractivity contribution in [3.05, 3.63) is 40.5 Å². The Labute approximate surface area is 93.0 Å². The largest absolute Gasteiger partial charge is 0.0775 e. The number of aryl methyl sites for hydroxylation is 2. The van der Waals surface area contributed by atoms with Gasteiger partial charge in [-0.3, -0.25) is 0 Å². The summed E-state index contributed by atoms with van der Waals surface area (Å²) < 4.78 is 0. The van der Waals surface area contributed by atoms with Crippen LogP contribution in [-0.2, 0) is 0 Å². The number of rotatable bonds is 0. The van der Waals surface area contributed by atoms with Gasteiger partial charge in [0.15, 0.2) is 0 Å². The topological polar surface area (TPSA) is 0 Å². The summed E-state index contributed by atoms with van der Waals surface area (Å²) in [6, 6.07) is 4.50. The lowest BCUT2D eigenvalue weighted by Gasteiger charge is -2.30. The Morgan fingerprint density at radius 1 is 0.933 bits per heavy atom. The van der Waals surface area contributed by atoms with E-state index < -0.39 is 0 Å². The van der Waals surface area contributed by atoms with Crippen LogP contribution >= 0.6 is 0 Å². The number of fused-ring (bicyclic) bond motifs is 1. The van der Waals surface area contributed by atoms with Crippen LogP contribution in [0.1, 0.15) is 48.9 Å². The second kappa shape index (κ2) is 3.52. The Balaban J connectivity index is 2.74. The second-order valence-corrected chi connectivity index (χ2v) is 4.99. The van der Waals surface area contributed by atoms with Crippen molar-refractivity contribution in [3.63, 3.8) is 0 Å². The quantitative estimate of drug-likeness (QED) is 0.580. The van der Waals surface area contributed by atoms with Crippen molar-refractivity contribution >= 4 is 5.57 Å². The molecule has 2 rings (SSSR count). The molecule has 15 heavy (non-hydrogen) atoms. The first-order valence-electron chi connectivity index (χ1n) is 5.81. The van der Waals surface area contributed by atoms with Gasteiger partial charge in [0, 0.05) is 0 Å². The molecule has 0 fully saturated rings. The lowest BCUT2D eigenvalue weighted by atomic mass is 9.75. The summed E-state index contributed by atoms with van der Waals surface area (Å²) in [5, 5.41) is 0. The van der Waals surface area contributed by atoms with Crippen LogP contribution in [0.5, 0.6) is 0 Å². The molecule has 0 saturated carbocycles. The predicted octanol–water partition coefficient (Wildman–Crippen LogP) is 4.46. The van der Waals surface area contributed by atoms with E-state index in [0.29, 0.717) is 11.8 Å². The molecule has 0 amide bonds. The van der Waals surface area contributed by atoms with Gasteiger partial charge >= 0.3 is 0 Å². The van der Waals surface area contributed by atoms with E-state index in [9.17, 15) is 0 Å². The third-order valence-corrected chi connectivity index (χ3v) is 3.82. The van der Waals surface area contributed by atoms with E-state index in [1.54, 1.807) is 5.56 Å². The normalized spacial score (nSPS) is 24.7. The monoisotopic (exact) mass is 200 g/mol. The second-order valence-electron chi connectivity index (χ2n) is 4.99. The molecule has 0 nitrogen and oxygen atoms in total. The Hall–Kier alpha value is -1.04. The van der Waals surface area contributed by atoms with Crippen LogP contribution in [0.25, 0.3) is 5.57 Å². The highest BCUT2D eigenvalue weighted by atomic mass is 14.3. The van der Waals surface area contributed by atoms with Crippen LogP contribution in [0.3, 0.4) is 0 Å². The van der Waals surface area contributed by atoms with E-state index >= 15 is 0 Å². The van der Waals surface area contributed by atoms with Gasteiger partial charge in [0.1, 0.15) is 0 Å². The molecule has 0 heterocycles. The number of hydrogen-bond donors (Lipinski definition) is 0. The third kappa shape index (κ3) is 1.52. The van der Waals surface area contributed by atoms with E-state index in [0.717, 1.165) is 0 Å². The van der Waals surface area contributed by atoms with E-state index in [-0.39, 0.29) is 0 Å². The minimum absolute atomic E-state index is 0.656. The molecule has 0 aliphatic heterocycles. The highest BCUT2D eigenvalue weighted by molar-refractivity contribution is 5.73. The van der Waals surface area contributed by atoms with Crippen LogP contribution < -0.4 is 0 Å². The molecule has 80 valence electrons. The van der Waals surface area contributed by atoms with E-state index in [4.69, 9.17) is 0 Å². The summed E-state index contributed by atoms with van der Waals surface area (Å²) in [6.45, 7) is 11.4. The van der Waals surface area contributed by atoms with Crippen molar-refractivity contribution in [3.8, 4) is 0 Å². The highest BCUT2D eigenvalue weighted by Gasteiger charge is 2.24. The van der Waals surface area contributed by atoms with Gasteiger partial charge in [0.2, 0.25) is 0 Å². The zero-order valence-electron chi connectivity index (χ0n) is 10.4. The van der Waals surface area contributed by atoms with Crippen LogP contribution in [-0.4, -0.2) is 0 Å². The van der Waals surface area contributed by atoms with Crippen molar-refractivity contribution in [2.45, 2.75) is 40.5 Å². The summed E-state index contributed by atoms with van der Waals surface area (Å²) in [5.41, 5.74) is 7.39. The van der Waals surface area contributed by atoms with Crippen molar-refractivity contribution in [2.75, 3.05) is 0 Å². The van der Waals surface area contributed by atoms with Gasteiger partial charge < -0.3 is 0 Å². The highest BCUT2D eigenvalue weighted by Crippen LogP contribution is 2.40. The van der Waals surface area contributed by atoms with Gasteiger partial charge in [-0.1, -0.05) is 32.1 Å². The molecule has 1 aromatic carbocycles. The average Bonchev–Trinajstić information content (AvgIpc) is 2.18. The van der Waals surface area contributed by atoms with Gasteiger partial charge in [-0.25, -0.2) is 0 Å². The van der Waals surface area contributed by atoms with Gasteiger partial charge in [-0.05, 0) is 60.4 Å². The maximum Gasteiger partial charge on any atom is -0.0121 e. The van der Waals surface area contributed by atoms with Crippen molar-refractivity contribution in [2.24, 2.45) is 5.92 Å². The summed E-state index contributed by atoms with van der Waals surface area (Å²) in [4.78, 5) is 0. The zero-order valence-corrected chi connectivity index (χ0v) is 10.4. The van der Waals surface area contributed by atoms with E-state index in [1.807, 2.05) is 0 Å². The fraction of sp³-hybridized carbons (Fsp3) is 0.467. The molecule has 1 aliphatic carbocycles. The molecule has 0 spiro atoms. The molecule has 0 heteroatoms. The molecule has 0 N–H and O–H groups in total. The van der Waals surface area contributed by atoms with Crippen LogP contribution in [0, 0.1) is 19.8 Å². The van der Waals surface area contributed by atoms with Gasteiger partial charge in [-0.15, -0.1) is 0 Å². The minimum atomic E-state index is 0.656. The van der Waals surface area contributed by atoms with Gasteiger partial charge in [-0.2, -0.15) is 0 Å². The average molecular weight is 200 g/mol. The first kappa shape index (κ1) is 10.5. The fourth-order valence-electron chi connectivity index (χ4n) is 2.83. The van der Waals surface area contributed by atoms with Crippen molar-refractivity contribution < 1.29 is 0 Å². The van der Waals surface area contributed by atoms with E-state index in [2.05, 4.69) is 52.8 Å². The molecule has 0 saturated heterocycles. The molecular formula is C15H20. The molecule has 0 radical (unpaired) electrons. The van der Waals surface area contributed by atoms with Crippen LogP contribution in [0.15, 0.2) is 18.2 Å². The van der Waals surface area contributed by atoms with Crippen molar-refractivity contribution in [1.82, 2.24) is 0 Å². The molecular weight excluding hydrogens is 180 g/mol. The molecule has 0 aromatic heterocycles. The summed E-state index contributed by atoms with van der Waals surface area (Å²) in [7, 11) is 0. The molecule has 1 aromatic rings. The smallest absolute Gasteiger partial charge is 0.0121 e. The predicted molar refractivity (Wildman–Crippen MR) is 67.1 cm³/mol. The summed E-state index contributed by atoms with van der Waals surface area (Å²) in [5.74, 6) is 1.32. The van der Waals surface area contributed by atoms with Gasteiger partial charge in [0.25, 0.3) is 0 Å². The Morgan fingerprint density at radius 3 is 2.20 bits per heavy atom. The Kier molecular flexibility index (Phi) is 2.46. The zero-order chi connectivity index (χ0) is 11.2. The maximum absolute atomic E-state index is 2.42. The van der Waals surface area contributed by atoms with E-state index in [1.165, 1.54) is 22.3 Å². The molecule has 1 aliphatic rings. The maximum atomic E-state index is 2.42. The fourth-order valence-corrected chi connectivity index (χ4v) is 2.83. The third-order valence-electron chi connectivity index (χ3n) is 3.82. The molecule has 2 atom stereocenters. The van der Waals surface area contributed by atoms with Crippen LogP contribution in [0.4, 0.5) is 0 Å². The summed E-state index contributed by atoms with van der Waals surface area (Å²) >= 11 is 0. The minimum Gasteiger partial charge on any atom is -0.0775 e. The Bertz CT molecular complexity index is 424. The first-order chi connectivity index (χ1) is 7.02. The lowest BCUT2D eigenvalue weighted by Crippen LogP contribution is -2.14. The standard InChI is InChI=1S/C15H20/c1-9-6-7-10(2)15-13(5)11(3)8-12(4)14(9)15/h6-8,11,13H,1-5H3. The Morgan fingerprint density at radius 2 is 1.53 bits per heavy atom. The summed E-state index contributed by atoms with van der Waals surface area (Å²) in [6.07, 6.45) is 2.42.